The van der Waals surface area contributed by atoms with Crippen molar-refractivity contribution in [3.63, 3.8) is 0 Å². The molecule has 68 valence electrons. The molecule has 1 rings (SSSR count). The number of carbonyl (C=O) groups excluding carboxylic acids is 2. The van der Waals surface area contributed by atoms with Crippen molar-refractivity contribution in [1.29, 1.82) is 0 Å². The van der Waals surface area contributed by atoms with Gasteiger partial charge in [0.25, 0.3) is 0 Å². The molecule has 2 amide bonds. The maximum absolute atomic E-state index is 11.1. The molecule has 0 aromatic heterocycles. The molecule has 1 atom stereocenters. The molecule has 0 saturated carbocycles. The van der Waals surface area contributed by atoms with Crippen molar-refractivity contribution in [3.05, 3.63) is 0 Å². The smallest absolute Gasteiger partial charge is 0.312 e. The number of hydrogen-bond acceptors (Lipinski definition) is 3. The highest BCUT2D eigenvalue weighted by atomic mass is 16.3. The summed E-state index contributed by atoms with van der Waals surface area (Å²) in [6.07, 6.45) is 0. The fraction of sp³-hybridized carbons (Fsp3) is 0.714. The Hall–Kier alpha value is -1.10. The second-order valence-corrected chi connectivity index (χ2v) is 2.64. The van der Waals surface area contributed by atoms with Crippen LogP contribution in [0.2, 0.25) is 0 Å². The topological polar surface area (TPSA) is 69.6 Å². The third kappa shape index (κ3) is 1.40. The van der Waals surface area contributed by atoms with E-state index >= 15 is 0 Å². The van der Waals surface area contributed by atoms with Crippen LogP contribution in [0.1, 0.15) is 6.92 Å². The SMILES string of the molecule is CCN1C(=O)C(=O)NC[C@@H]1CO. The Morgan fingerprint density at radius 3 is 2.83 bits per heavy atom. The van der Waals surface area contributed by atoms with Crippen LogP contribution in [0.25, 0.3) is 0 Å². The molecule has 0 bridgehead atoms. The maximum Gasteiger partial charge on any atom is 0.312 e. The minimum absolute atomic E-state index is 0.111. The van der Waals surface area contributed by atoms with Gasteiger partial charge in [0, 0.05) is 13.1 Å². The van der Waals surface area contributed by atoms with Crippen molar-refractivity contribution < 1.29 is 14.7 Å². The predicted octanol–water partition coefficient (Wildman–Crippen LogP) is -1.67. The Balaban J connectivity index is 2.71. The van der Waals surface area contributed by atoms with Gasteiger partial charge in [-0.3, -0.25) is 9.59 Å². The van der Waals surface area contributed by atoms with Crippen LogP contribution in [0.4, 0.5) is 0 Å². The zero-order valence-electron chi connectivity index (χ0n) is 6.91. The average Bonchev–Trinajstić information content (AvgIpc) is 2.09. The molecule has 0 aliphatic carbocycles. The second-order valence-electron chi connectivity index (χ2n) is 2.64. The first-order valence-electron chi connectivity index (χ1n) is 3.90. The summed E-state index contributed by atoms with van der Waals surface area (Å²) in [6.45, 7) is 2.46. The molecule has 1 aliphatic heterocycles. The van der Waals surface area contributed by atoms with Gasteiger partial charge in [-0.1, -0.05) is 0 Å². The highest BCUT2D eigenvalue weighted by molar-refractivity contribution is 6.35. The van der Waals surface area contributed by atoms with E-state index in [0.29, 0.717) is 13.1 Å². The first-order valence-corrected chi connectivity index (χ1v) is 3.90. The molecule has 1 saturated heterocycles. The van der Waals surface area contributed by atoms with Crippen molar-refractivity contribution in [1.82, 2.24) is 10.2 Å². The number of likely N-dealkylation sites (N-methyl/N-ethyl adjacent to an activating group) is 1. The van der Waals surface area contributed by atoms with Crippen molar-refractivity contribution >= 4 is 11.8 Å². The normalized spacial score (nSPS) is 24.2. The van der Waals surface area contributed by atoms with Gasteiger partial charge in [0.2, 0.25) is 0 Å². The lowest BCUT2D eigenvalue weighted by atomic mass is 10.2. The third-order valence-corrected chi connectivity index (χ3v) is 1.95. The minimum atomic E-state index is -0.582. The van der Waals surface area contributed by atoms with Crippen LogP contribution in [0, 0.1) is 0 Å². The van der Waals surface area contributed by atoms with Gasteiger partial charge >= 0.3 is 11.8 Å². The largest absolute Gasteiger partial charge is 0.394 e. The summed E-state index contributed by atoms with van der Waals surface area (Å²) in [5.74, 6) is -1.13. The van der Waals surface area contributed by atoms with Crippen molar-refractivity contribution in [2.24, 2.45) is 0 Å². The van der Waals surface area contributed by atoms with E-state index in [1.54, 1.807) is 6.92 Å². The molecule has 1 fully saturated rings. The van der Waals surface area contributed by atoms with E-state index < -0.39 is 11.8 Å². The lowest BCUT2D eigenvalue weighted by Crippen LogP contribution is -2.59. The van der Waals surface area contributed by atoms with Crippen molar-refractivity contribution in [2.75, 3.05) is 19.7 Å². The number of aliphatic hydroxyl groups is 1. The van der Waals surface area contributed by atoms with Gasteiger partial charge in [-0.2, -0.15) is 0 Å². The molecule has 0 spiro atoms. The summed E-state index contributed by atoms with van der Waals surface area (Å²) in [5.41, 5.74) is 0. The molecule has 1 aliphatic rings. The van der Waals surface area contributed by atoms with Gasteiger partial charge in [0.1, 0.15) is 0 Å². The van der Waals surface area contributed by atoms with Crippen LogP contribution in [-0.2, 0) is 9.59 Å². The number of amides is 2. The number of hydrogen-bond donors (Lipinski definition) is 2. The lowest BCUT2D eigenvalue weighted by Gasteiger charge is -2.32. The number of rotatable bonds is 2. The fourth-order valence-corrected chi connectivity index (χ4v) is 1.26. The third-order valence-electron chi connectivity index (χ3n) is 1.95. The lowest BCUT2D eigenvalue weighted by molar-refractivity contribution is -0.151. The number of carbonyl (C=O) groups is 2. The second kappa shape index (κ2) is 3.53. The van der Waals surface area contributed by atoms with Gasteiger partial charge < -0.3 is 15.3 Å². The summed E-state index contributed by atoms with van der Waals surface area (Å²) in [5, 5.41) is 11.3. The number of nitrogens with one attached hydrogen (secondary N) is 1. The summed E-state index contributed by atoms with van der Waals surface area (Å²) in [4.78, 5) is 23.3. The van der Waals surface area contributed by atoms with E-state index in [0.717, 1.165) is 0 Å². The molecular weight excluding hydrogens is 160 g/mol. The van der Waals surface area contributed by atoms with Crippen LogP contribution in [-0.4, -0.2) is 47.6 Å². The maximum atomic E-state index is 11.1. The van der Waals surface area contributed by atoms with Gasteiger partial charge in [0.15, 0.2) is 0 Å². The first-order chi connectivity index (χ1) is 5.70. The van der Waals surface area contributed by atoms with E-state index in [1.165, 1.54) is 4.90 Å². The molecule has 0 unspecified atom stereocenters. The van der Waals surface area contributed by atoms with Gasteiger partial charge in [-0.15, -0.1) is 0 Å². The zero-order valence-corrected chi connectivity index (χ0v) is 6.91. The van der Waals surface area contributed by atoms with Crippen molar-refractivity contribution in [2.45, 2.75) is 13.0 Å². The number of nitrogens with zero attached hydrogens (tertiary/aromatic N) is 1. The monoisotopic (exact) mass is 172 g/mol. The van der Waals surface area contributed by atoms with Crippen LogP contribution < -0.4 is 5.32 Å². The van der Waals surface area contributed by atoms with Gasteiger partial charge in [0.05, 0.1) is 12.6 Å². The molecule has 0 aromatic carbocycles. The Morgan fingerprint density at radius 2 is 2.33 bits per heavy atom. The molecular formula is C7H12N2O3. The molecule has 12 heavy (non-hydrogen) atoms. The number of piperazine rings is 1. The molecule has 0 radical (unpaired) electrons. The summed E-state index contributed by atoms with van der Waals surface area (Å²) in [7, 11) is 0. The fourth-order valence-electron chi connectivity index (χ4n) is 1.26. The minimum Gasteiger partial charge on any atom is -0.394 e. The Bertz CT molecular complexity index is 205. The van der Waals surface area contributed by atoms with Gasteiger partial charge in [-0.25, -0.2) is 0 Å². The van der Waals surface area contributed by atoms with Gasteiger partial charge in [-0.05, 0) is 6.92 Å². The Morgan fingerprint density at radius 1 is 1.67 bits per heavy atom. The van der Waals surface area contributed by atoms with E-state index in [9.17, 15) is 9.59 Å². The van der Waals surface area contributed by atoms with E-state index in [-0.39, 0.29) is 12.6 Å². The number of aliphatic hydroxyl groups excluding tert-OH is 1. The van der Waals surface area contributed by atoms with E-state index in [1.807, 2.05) is 0 Å². The van der Waals surface area contributed by atoms with E-state index in [2.05, 4.69) is 5.32 Å². The zero-order chi connectivity index (χ0) is 9.14. The van der Waals surface area contributed by atoms with Crippen LogP contribution in [0.3, 0.4) is 0 Å². The molecule has 0 aromatic rings. The van der Waals surface area contributed by atoms with E-state index in [4.69, 9.17) is 5.11 Å². The molecule has 2 N–H and O–H groups in total. The van der Waals surface area contributed by atoms with Crippen LogP contribution in [0.15, 0.2) is 0 Å². The van der Waals surface area contributed by atoms with Crippen LogP contribution >= 0.6 is 0 Å². The quantitative estimate of drug-likeness (QED) is 0.489. The van der Waals surface area contributed by atoms with Crippen LogP contribution in [0.5, 0.6) is 0 Å². The molecule has 5 heteroatoms. The summed E-state index contributed by atoms with van der Waals surface area (Å²) in [6, 6.07) is -0.264. The summed E-state index contributed by atoms with van der Waals surface area (Å²) >= 11 is 0. The Labute approximate surface area is 70.4 Å². The highest BCUT2D eigenvalue weighted by Gasteiger charge is 2.31. The molecule has 1 heterocycles. The first kappa shape index (κ1) is 8.99. The summed E-state index contributed by atoms with van der Waals surface area (Å²) < 4.78 is 0. The highest BCUT2D eigenvalue weighted by Crippen LogP contribution is 2.03. The van der Waals surface area contributed by atoms with Crippen molar-refractivity contribution in [3.8, 4) is 0 Å². The predicted molar refractivity (Wildman–Crippen MR) is 41.3 cm³/mol. The average molecular weight is 172 g/mol. The standard InChI is InChI=1S/C7H12N2O3/c1-2-9-5(4-10)3-8-6(11)7(9)12/h5,10H,2-4H2,1H3,(H,8,11)/t5-/m1/s1. The molecule has 5 nitrogen and oxygen atoms in total. The Kier molecular flexibility index (Phi) is 2.65.